The van der Waals surface area contributed by atoms with Crippen LogP contribution in [-0.4, -0.2) is 45.7 Å². The van der Waals surface area contributed by atoms with Crippen molar-refractivity contribution in [1.29, 1.82) is 0 Å². The van der Waals surface area contributed by atoms with Gasteiger partial charge in [-0.1, -0.05) is 13.0 Å². The third-order valence-corrected chi connectivity index (χ3v) is 2.56. The summed E-state index contributed by atoms with van der Waals surface area (Å²) >= 11 is 0. The van der Waals surface area contributed by atoms with Crippen LogP contribution >= 0.6 is 0 Å². The zero-order chi connectivity index (χ0) is 13.9. The third-order valence-electron chi connectivity index (χ3n) is 2.56. The lowest BCUT2D eigenvalue weighted by atomic mass is 10.1. The minimum atomic E-state index is -1.00. The largest absolute Gasteiger partial charge is 0.504 e. The van der Waals surface area contributed by atoms with Gasteiger partial charge in [0.05, 0.1) is 11.5 Å². The normalized spacial score (nSPS) is 11.9. The van der Waals surface area contributed by atoms with Crippen molar-refractivity contribution in [2.45, 2.75) is 6.92 Å². The summed E-state index contributed by atoms with van der Waals surface area (Å²) < 4.78 is 0. The number of carboxylic acid groups (broad SMARTS) is 1. The molecule has 0 aromatic heterocycles. The van der Waals surface area contributed by atoms with E-state index < -0.39 is 23.5 Å². The third kappa shape index (κ3) is 2.91. The van der Waals surface area contributed by atoms with E-state index in [4.69, 9.17) is 5.11 Å². The Hall–Kier alpha value is -2.24. The van der Waals surface area contributed by atoms with Crippen LogP contribution in [0.25, 0.3) is 0 Å². The van der Waals surface area contributed by atoms with Gasteiger partial charge in [-0.15, -0.1) is 0 Å². The maximum absolute atomic E-state index is 11.9. The number of aliphatic carboxylic acids is 1. The van der Waals surface area contributed by atoms with Gasteiger partial charge in [-0.05, 0) is 12.1 Å². The zero-order valence-corrected chi connectivity index (χ0v) is 10.1. The number of nitrogens with zero attached hydrogens (tertiary/aromatic N) is 1. The molecule has 0 spiro atoms. The number of benzene rings is 1. The summed E-state index contributed by atoms with van der Waals surface area (Å²) in [6.07, 6.45) is 0. The first-order valence-electron chi connectivity index (χ1n) is 5.33. The Kier molecular flexibility index (Phi) is 4.14. The smallest absolute Gasteiger partial charge is 0.308 e. The van der Waals surface area contributed by atoms with Crippen molar-refractivity contribution in [3.8, 4) is 11.5 Å². The van der Waals surface area contributed by atoms with E-state index >= 15 is 0 Å². The highest BCUT2D eigenvalue weighted by atomic mass is 16.4. The number of phenols is 2. The number of rotatable bonds is 4. The van der Waals surface area contributed by atoms with E-state index in [-0.39, 0.29) is 17.9 Å². The van der Waals surface area contributed by atoms with Crippen LogP contribution in [0.2, 0.25) is 0 Å². The average molecular weight is 253 g/mol. The van der Waals surface area contributed by atoms with E-state index in [0.717, 1.165) is 0 Å². The standard InChI is InChI=1S/C12H15NO5/c1-7(12(17)18)6-13(2)11(16)8-4-3-5-9(14)10(8)15/h3-5,7,14-15H,6H2,1-2H3,(H,17,18). The van der Waals surface area contributed by atoms with Crippen molar-refractivity contribution in [3.05, 3.63) is 23.8 Å². The SMILES string of the molecule is CC(CN(C)C(=O)c1cccc(O)c1O)C(=O)O. The lowest BCUT2D eigenvalue weighted by molar-refractivity contribution is -0.141. The van der Waals surface area contributed by atoms with Gasteiger partial charge in [-0.3, -0.25) is 9.59 Å². The molecule has 0 fully saturated rings. The molecule has 1 amide bonds. The first kappa shape index (κ1) is 13.8. The molecule has 1 atom stereocenters. The lowest BCUT2D eigenvalue weighted by Crippen LogP contribution is -2.33. The van der Waals surface area contributed by atoms with Crippen LogP contribution < -0.4 is 0 Å². The molecule has 6 nitrogen and oxygen atoms in total. The summed E-state index contributed by atoms with van der Waals surface area (Å²) in [7, 11) is 1.44. The summed E-state index contributed by atoms with van der Waals surface area (Å²) in [6.45, 7) is 1.50. The Morgan fingerprint density at radius 3 is 2.50 bits per heavy atom. The number of carbonyl (C=O) groups excluding carboxylic acids is 1. The van der Waals surface area contributed by atoms with Crippen molar-refractivity contribution in [1.82, 2.24) is 4.90 Å². The molecular formula is C12H15NO5. The number of carboxylic acids is 1. The molecule has 6 heteroatoms. The van der Waals surface area contributed by atoms with Gasteiger partial charge in [-0.2, -0.15) is 0 Å². The summed E-state index contributed by atoms with van der Waals surface area (Å²) in [6, 6.07) is 4.04. The predicted molar refractivity (Wildman–Crippen MR) is 63.5 cm³/mol. The second kappa shape index (κ2) is 5.39. The van der Waals surface area contributed by atoms with Gasteiger partial charge in [0.15, 0.2) is 11.5 Å². The van der Waals surface area contributed by atoms with Crippen LogP contribution in [0.15, 0.2) is 18.2 Å². The lowest BCUT2D eigenvalue weighted by Gasteiger charge is -2.20. The summed E-state index contributed by atoms with van der Waals surface area (Å²) in [5, 5.41) is 27.6. The minimum Gasteiger partial charge on any atom is -0.504 e. The molecule has 0 heterocycles. The molecule has 0 radical (unpaired) electrons. The Labute approximate surface area is 104 Å². The molecule has 0 aliphatic carbocycles. The van der Waals surface area contributed by atoms with Crippen LogP contribution in [-0.2, 0) is 4.79 Å². The van der Waals surface area contributed by atoms with E-state index in [1.807, 2.05) is 0 Å². The van der Waals surface area contributed by atoms with Crippen molar-refractivity contribution in [3.63, 3.8) is 0 Å². The fourth-order valence-corrected chi connectivity index (χ4v) is 1.48. The summed E-state index contributed by atoms with van der Waals surface area (Å²) in [5.74, 6) is -3.15. The molecule has 0 saturated heterocycles. The van der Waals surface area contributed by atoms with Gasteiger partial charge in [-0.25, -0.2) is 0 Å². The predicted octanol–water partition coefficient (Wildman–Crippen LogP) is 0.890. The van der Waals surface area contributed by atoms with Gasteiger partial charge >= 0.3 is 5.97 Å². The number of hydrogen-bond acceptors (Lipinski definition) is 4. The molecule has 98 valence electrons. The average Bonchev–Trinajstić information content (AvgIpc) is 2.31. The molecule has 0 aliphatic heterocycles. The number of para-hydroxylation sites is 1. The van der Waals surface area contributed by atoms with Crippen LogP contribution in [0.1, 0.15) is 17.3 Å². The molecule has 0 saturated carbocycles. The number of amides is 1. The first-order chi connectivity index (χ1) is 8.34. The molecule has 3 N–H and O–H groups in total. The van der Waals surface area contributed by atoms with Crippen molar-refractivity contribution in [2.24, 2.45) is 5.92 Å². The molecule has 0 aliphatic rings. The second-order valence-corrected chi connectivity index (χ2v) is 4.10. The number of aromatic hydroxyl groups is 2. The van der Waals surface area contributed by atoms with E-state index in [0.29, 0.717) is 0 Å². The first-order valence-corrected chi connectivity index (χ1v) is 5.33. The monoisotopic (exact) mass is 253 g/mol. The van der Waals surface area contributed by atoms with Gasteiger partial charge < -0.3 is 20.2 Å². The highest BCUT2D eigenvalue weighted by molar-refractivity contribution is 5.97. The molecule has 1 unspecified atom stereocenters. The van der Waals surface area contributed by atoms with E-state index in [1.165, 1.54) is 37.1 Å². The fraction of sp³-hybridized carbons (Fsp3) is 0.333. The van der Waals surface area contributed by atoms with Crippen molar-refractivity contribution < 1.29 is 24.9 Å². The number of phenolic OH excluding ortho intramolecular Hbond substituents is 2. The highest BCUT2D eigenvalue weighted by Crippen LogP contribution is 2.28. The van der Waals surface area contributed by atoms with Gasteiger partial charge in [0.25, 0.3) is 5.91 Å². The Balaban J connectivity index is 2.87. The number of carbonyl (C=O) groups is 2. The van der Waals surface area contributed by atoms with Crippen LogP contribution in [0.3, 0.4) is 0 Å². The van der Waals surface area contributed by atoms with Gasteiger partial charge in [0.2, 0.25) is 0 Å². The maximum atomic E-state index is 11.9. The van der Waals surface area contributed by atoms with Crippen molar-refractivity contribution >= 4 is 11.9 Å². The Bertz CT molecular complexity index is 472. The van der Waals surface area contributed by atoms with E-state index in [2.05, 4.69) is 0 Å². The van der Waals surface area contributed by atoms with Crippen LogP contribution in [0, 0.1) is 5.92 Å². The topological polar surface area (TPSA) is 98.1 Å². The molecule has 1 rings (SSSR count). The molecule has 0 bridgehead atoms. The molecule has 1 aromatic rings. The zero-order valence-electron chi connectivity index (χ0n) is 10.1. The summed E-state index contributed by atoms with van der Waals surface area (Å²) in [4.78, 5) is 23.8. The van der Waals surface area contributed by atoms with E-state index in [1.54, 1.807) is 0 Å². The molecule has 18 heavy (non-hydrogen) atoms. The quantitative estimate of drug-likeness (QED) is 0.692. The summed E-state index contributed by atoms with van der Waals surface area (Å²) in [5.41, 5.74) is -0.0601. The fourth-order valence-electron chi connectivity index (χ4n) is 1.48. The van der Waals surface area contributed by atoms with Gasteiger partial charge in [0.1, 0.15) is 0 Å². The maximum Gasteiger partial charge on any atom is 0.308 e. The molecular weight excluding hydrogens is 238 g/mol. The highest BCUT2D eigenvalue weighted by Gasteiger charge is 2.21. The Morgan fingerprint density at radius 2 is 1.94 bits per heavy atom. The second-order valence-electron chi connectivity index (χ2n) is 4.10. The van der Waals surface area contributed by atoms with Crippen LogP contribution in [0.5, 0.6) is 11.5 Å². The van der Waals surface area contributed by atoms with Crippen molar-refractivity contribution in [2.75, 3.05) is 13.6 Å². The van der Waals surface area contributed by atoms with E-state index in [9.17, 15) is 19.8 Å². The minimum absolute atomic E-state index is 0.0171. The Morgan fingerprint density at radius 1 is 1.33 bits per heavy atom. The number of hydrogen-bond donors (Lipinski definition) is 3. The van der Waals surface area contributed by atoms with Crippen LogP contribution in [0.4, 0.5) is 0 Å². The molecule has 1 aromatic carbocycles. The van der Waals surface area contributed by atoms with Gasteiger partial charge in [0, 0.05) is 13.6 Å².